The van der Waals surface area contributed by atoms with Crippen molar-refractivity contribution in [3.8, 4) is 23.8 Å². The number of nitrogens with zero attached hydrogens (tertiary/aromatic N) is 2. The van der Waals surface area contributed by atoms with Crippen molar-refractivity contribution in [2.75, 3.05) is 25.7 Å². The lowest BCUT2D eigenvalue weighted by Gasteiger charge is -2.16. The zero-order valence-corrected chi connectivity index (χ0v) is 15.8. The van der Waals surface area contributed by atoms with E-state index in [0.29, 0.717) is 22.3 Å². The highest BCUT2D eigenvalue weighted by Gasteiger charge is 2.36. The summed E-state index contributed by atoms with van der Waals surface area (Å²) in [4.78, 5) is 16.2. The van der Waals surface area contributed by atoms with E-state index < -0.39 is 0 Å². The molecule has 27 heavy (non-hydrogen) atoms. The fourth-order valence-electron chi connectivity index (χ4n) is 2.73. The van der Waals surface area contributed by atoms with Gasteiger partial charge in [-0.25, -0.2) is 0 Å². The Morgan fingerprint density at radius 3 is 2.59 bits per heavy atom. The van der Waals surface area contributed by atoms with Crippen LogP contribution in [0.25, 0.3) is 6.08 Å². The van der Waals surface area contributed by atoms with Crippen LogP contribution in [-0.2, 0) is 4.79 Å². The monoisotopic (exact) mass is 378 g/mol. The van der Waals surface area contributed by atoms with Gasteiger partial charge in [-0.3, -0.25) is 9.69 Å². The Labute approximate surface area is 163 Å². The maximum absolute atomic E-state index is 12.9. The topological polar surface area (TPSA) is 42.0 Å². The van der Waals surface area contributed by atoms with Crippen LogP contribution in [0, 0.1) is 12.3 Å². The van der Waals surface area contributed by atoms with Gasteiger partial charge in [0.15, 0.2) is 16.6 Å². The van der Waals surface area contributed by atoms with Crippen LogP contribution in [0.4, 0.5) is 5.69 Å². The van der Waals surface area contributed by atoms with Crippen LogP contribution < -0.4 is 14.4 Å². The first-order chi connectivity index (χ1) is 13.1. The van der Waals surface area contributed by atoms with Gasteiger partial charge < -0.3 is 14.4 Å². The SMILES string of the molecule is C#CCOc1ccc(/C=C2/C(=O)N(c3ccccc3)C(=S)N2C)cc1OC. The van der Waals surface area contributed by atoms with Gasteiger partial charge in [0, 0.05) is 7.05 Å². The molecule has 0 saturated carbocycles. The van der Waals surface area contributed by atoms with Gasteiger partial charge in [-0.2, -0.15) is 0 Å². The summed E-state index contributed by atoms with van der Waals surface area (Å²) in [6, 6.07) is 14.7. The van der Waals surface area contributed by atoms with Crippen LogP contribution in [0.5, 0.6) is 11.5 Å². The number of carbonyl (C=O) groups is 1. The van der Waals surface area contributed by atoms with Crippen molar-refractivity contribution in [3.63, 3.8) is 0 Å². The van der Waals surface area contributed by atoms with Gasteiger partial charge in [-0.15, -0.1) is 6.42 Å². The minimum atomic E-state index is -0.180. The molecule has 2 aromatic rings. The van der Waals surface area contributed by atoms with Gasteiger partial charge in [0.05, 0.1) is 12.8 Å². The minimum Gasteiger partial charge on any atom is -0.493 e. The summed E-state index contributed by atoms with van der Waals surface area (Å²) in [6.45, 7) is 0.151. The number of methoxy groups -OCH3 is 1. The lowest BCUT2D eigenvalue weighted by molar-refractivity contribution is -0.114. The number of anilines is 1. The van der Waals surface area contributed by atoms with E-state index >= 15 is 0 Å². The van der Waals surface area contributed by atoms with Crippen molar-refractivity contribution in [2.24, 2.45) is 0 Å². The fourth-order valence-corrected chi connectivity index (χ4v) is 3.02. The molecule has 0 bridgehead atoms. The summed E-state index contributed by atoms with van der Waals surface area (Å²) < 4.78 is 10.8. The number of amides is 1. The molecular weight excluding hydrogens is 360 g/mol. The summed E-state index contributed by atoms with van der Waals surface area (Å²) in [7, 11) is 3.32. The zero-order chi connectivity index (χ0) is 19.4. The first kappa shape index (κ1) is 18.5. The van der Waals surface area contributed by atoms with E-state index in [-0.39, 0.29) is 12.5 Å². The highest BCUT2D eigenvalue weighted by atomic mass is 32.1. The normalized spacial score (nSPS) is 15.2. The summed E-state index contributed by atoms with van der Waals surface area (Å²) in [5, 5.41) is 0.429. The van der Waals surface area contributed by atoms with Crippen LogP contribution in [0.2, 0.25) is 0 Å². The largest absolute Gasteiger partial charge is 0.493 e. The number of hydrogen-bond acceptors (Lipinski definition) is 4. The van der Waals surface area contributed by atoms with E-state index in [0.717, 1.165) is 11.3 Å². The lowest BCUT2D eigenvalue weighted by Crippen LogP contribution is -2.30. The Kier molecular flexibility index (Phi) is 5.43. The molecule has 0 spiro atoms. The number of ether oxygens (including phenoxy) is 2. The molecule has 0 aliphatic carbocycles. The second-order valence-corrected chi connectivity index (χ2v) is 6.12. The fraction of sp³-hybridized carbons (Fsp3) is 0.143. The molecule has 0 unspecified atom stereocenters. The van der Waals surface area contributed by atoms with Crippen LogP contribution in [0.3, 0.4) is 0 Å². The Morgan fingerprint density at radius 1 is 1.19 bits per heavy atom. The summed E-state index contributed by atoms with van der Waals surface area (Å²) >= 11 is 5.46. The zero-order valence-electron chi connectivity index (χ0n) is 15.0. The second kappa shape index (κ2) is 7.94. The third kappa shape index (κ3) is 3.64. The number of carbonyl (C=O) groups excluding carboxylic acids is 1. The van der Waals surface area contributed by atoms with Crippen LogP contribution in [0.1, 0.15) is 5.56 Å². The van der Waals surface area contributed by atoms with Gasteiger partial charge in [-0.1, -0.05) is 30.2 Å². The molecule has 0 atom stereocenters. The number of rotatable bonds is 5. The van der Waals surface area contributed by atoms with Crippen LogP contribution >= 0.6 is 12.2 Å². The summed E-state index contributed by atoms with van der Waals surface area (Å²) in [5.41, 5.74) is 1.99. The van der Waals surface area contributed by atoms with E-state index in [9.17, 15) is 4.79 Å². The number of benzene rings is 2. The smallest absolute Gasteiger partial charge is 0.281 e. The van der Waals surface area contributed by atoms with Crippen LogP contribution in [-0.4, -0.2) is 36.7 Å². The maximum atomic E-state index is 12.9. The number of terminal acetylenes is 1. The van der Waals surface area contributed by atoms with E-state index in [4.69, 9.17) is 28.1 Å². The third-order valence-corrected chi connectivity index (χ3v) is 4.53. The molecule has 6 heteroatoms. The average Bonchev–Trinajstić information content (AvgIpc) is 2.90. The molecule has 1 aliphatic rings. The van der Waals surface area contributed by atoms with E-state index in [1.807, 2.05) is 36.4 Å². The first-order valence-electron chi connectivity index (χ1n) is 8.20. The van der Waals surface area contributed by atoms with Crippen molar-refractivity contribution in [1.82, 2.24) is 4.90 Å². The predicted molar refractivity (Wildman–Crippen MR) is 110 cm³/mol. The molecule has 1 amide bonds. The average molecular weight is 378 g/mol. The highest BCUT2D eigenvalue weighted by Crippen LogP contribution is 2.31. The van der Waals surface area contributed by atoms with Gasteiger partial charge in [-0.05, 0) is 48.1 Å². The second-order valence-electron chi connectivity index (χ2n) is 5.75. The summed E-state index contributed by atoms with van der Waals surface area (Å²) in [6.07, 6.45) is 6.99. The quantitative estimate of drug-likeness (QED) is 0.454. The molecule has 1 saturated heterocycles. The van der Waals surface area contributed by atoms with E-state index in [1.54, 1.807) is 37.3 Å². The van der Waals surface area contributed by atoms with Crippen molar-refractivity contribution >= 4 is 35.0 Å². The molecule has 0 aromatic heterocycles. The molecule has 5 nitrogen and oxygen atoms in total. The first-order valence-corrected chi connectivity index (χ1v) is 8.61. The van der Waals surface area contributed by atoms with E-state index in [2.05, 4.69) is 5.92 Å². The predicted octanol–water partition coefficient (Wildman–Crippen LogP) is 3.31. The lowest BCUT2D eigenvalue weighted by atomic mass is 10.1. The highest BCUT2D eigenvalue weighted by molar-refractivity contribution is 7.80. The number of likely N-dealkylation sites (N-methyl/N-ethyl adjacent to an activating group) is 1. The van der Waals surface area contributed by atoms with Crippen LogP contribution in [0.15, 0.2) is 54.2 Å². The van der Waals surface area contributed by atoms with Gasteiger partial charge >= 0.3 is 0 Å². The molecular formula is C21H18N2O3S. The minimum absolute atomic E-state index is 0.151. The number of hydrogen-bond donors (Lipinski definition) is 0. The van der Waals surface area contributed by atoms with Crippen molar-refractivity contribution in [1.29, 1.82) is 0 Å². The number of para-hydroxylation sites is 1. The van der Waals surface area contributed by atoms with Gasteiger partial charge in [0.2, 0.25) is 0 Å². The van der Waals surface area contributed by atoms with E-state index in [1.165, 1.54) is 4.90 Å². The Morgan fingerprint density at radius 2 is 1.93 bits per heavy atom. The summed E-state index contributed by atoms with van der Waals surface area (Å²) in [5.74, 6) is 3.32. The Bertz CT molecular complexity index is 948. The van der Waals surface area contributed by atoms with Crippen molar-refractivity contribution < 1.29 is 14.3 Å². The third-order valence-electron chi connectivity index (χ3n) is 4.08. The van der Waals surface area contributed by atoms with Gasteiger partial charge in [0.25, 0.3) is 5.91 Å². The Balaban J connectivity index is 1.94. The molecule has 3 rings (SSSR count). The molecule has 1 fully saturated rings. The van der Waals surface area contributed by atoms with Crippen molar-refractivity contribution in [2.45, 2.75) is 0 Å². The molecule has 1 aliphatic heterocycles. The molecule has 0 radical (unpaired) electrons. The molecule has 0 N–H and O–H groups in total. The van der Waals surface area contributed by atoms with Crippen molar-refractivity contribution in [3.05, 3.63) is 59.8 Å². The maximum Gasteiger partial charge on any atom is 0.281 e. The Hall–Kier alpha value is -3.30. The molecule has 1 heterocycles. The molecule has 2 aromatic carbocycles. The standard InChI is InChI=1S/C21H18N2O3S/c1-4-12-26-18-11-10-15(14-19(18)25-3)13-17-20(24)23(21(27)22(17)2)16-8-6-5-7-9-16/h1,5-11,13-14H,12H2,2-3H3/b17-13-. The molecule has 136 valence electrons. The number of thiocarbonyl (C=S) groups is 1. The van der Waals surface area contributed by atoms with Gasteiger partial charge in [0.1, 0.15) is 12.3 Å².